The topological polar surface area (TPSA) is 22.6 Å². The molecule has 3 heteroatoms. The van der Waals surface area contributed by atoms with Crippen molar-refractivity contribution in [2.24, 2.45) is 0 Å². The summed E-state index contributed by atoms with van der Waals surface area (Å²) in [6.07, 6.45) is 2.20. The van der Waals surface area contributed by atoms with Crippen molar-refractivity contribution in [1.82, 2.24) is 0 Å². The minimum atomic E-state index is 0.846. The molecule has 4 rings (SSSR count). The van der Waals surface area contributed by atoms with Gasteiger partial charge in [-0.05, 0) is 41.5 Å². The van der Waals surface area contributed by atoms with Gasteiger partial charge in [0.25, 0.3) is 0 Å². The molecule has 0 aliphatic rings. The summed E-state index contributed by atoms with van der Waals surface area (Å²) < 4.78 is 13.1. The van der Waals surface area contributed by atoms with E-state index in [0.717, 1.165) is 39.3 Å². The van der Waals surface area contributed by atoms with Gasteiger partial charge in [-0.2, -0.15) is 4.40 Å². The molecule has 0 fully saturated rings. The van der Waals surface area contributed by atoms with Crippen LogP contribution >= 0.6 is 0 Å². The first-order valence-electron chi connectivity index (χ1n) is 8.93. The fourth-order valence-electron chi connectivity index (χ4n) is 3.42. The summed E-state index contributed by atoms with van der Waals surface area (Å²) in [5.41, 5.74) is 6.89. The van der Waals surface area contributed by atoms with Gasteiger partial charge >= 0.3 is 0 Å². The summed E-state index contributed by atoms with van der Waals surface area (Å²) in [4.78, 5) is 0. The lowest BCUT2D eigenvalue weighted by Crippen LogP contribution is -2.25. The van der Waals surface area contributed by atoms with E-state index in [9.17, 15) is 0 Å². The summed E-state index contributed by atoms with van der Waals surface area (Å²) >= 11 is 0. The van der Waals surface area contributed by atoms with E-state index < -0.39 is 0 Å². The number of nitrogens with zero attached hydrogens (tertiary/aromatic N) is 1. The number of benzene rings is 2. The SMILES string of the molecule is COc1cccc(-c2cc3cccc(C)[n+]3cc2-c2cccc(OC)c2)c1. The fourth-order valence-corrected chi connectivity index (χ4v) is 3.42. The molecule has 0 radical (unpaired) electrons. The van der Waals surface area contributed by atoms with Crippen LogP contribution in [0.3, 0.4) is 0 Å². The number of aromatic nitrogens is 1. The normalized spacial score (nSPS) is 10.8. The smallest absolute Gasteiger partial charge is 0.211 e. The number of methoxy groups -OCH3 is 2. The van der Waals surface area contributed by atoms with Gasteiger partial charge in [0.1, 0.15) is 11.5 Å². The predicted octanol–water partition coefficient (Wildman–Crippen LogP) is 5.08. The number of hydrogen-bond acceptors (Lipinski definition) is 2. The molecule has 27 heavy (non-hydrogen) atoms. The third-order valence-electron chi connectivity index (χ3n) is 4.86. The monoisotopic (exact) mass is 356 g/mol. The van der Waals surface area contributed by atoms with E-state index in [-0.39, 0.29) is 0 Å². The summed E-state index contributed by atoms with van der Waals surface area (Å²) in [7, 11) is 3.39. The molecule has 2 aromatic heterocycles. The van der Waals surface area contributed by atoms with Gasteiger partial charge in [0.2, 0.25) is 5.52 Å². The molecule has 3 nitrogen and oxygen atoms in total. The molecule has 0 saturated heterocycles. The lowest BCUT2D eigenvalue weighted by molar-refractivity contribution is -0.519. The van der Waals surface area contributed by atoms with Crippen molar-refractivity contribution in [3.8, 4) is 33.8 Å². The average molecular weight is 356 g/mol. The molecule has 134 valence electrons. The Labute approximate surface area is 159 Å². The second-order valence-electron chi connectivity index (χ2n) is 6.53. The van der Waals surface area contributed by atoms with Gasteiger partial charge in [-0.25, -0.2) is 0 Å². The Morgan fingerprint density at radius 3 is 1.89 bits per heavy atom. The molecule has 0 aliphatic carbocycles. The molecule has 0 aliphatic heterocycles. The van der Waals surface area contributed by atoms with Crippen LogP contribution in [-0.4, -0.2) is 14.2 Å². The van der Waals surface area contributed by atoms with Crippen LogP contribution in [-0.2, 0) is 0 Å². The zero-order valence-corrected chi connectivity index (χ0v) is 15.8. The molecule has 4 aromatic rings. The average Bonchev–Trinajstić information content (AvgIpc) is 2.73. The molecule has 0 saturated carbocycles. The Balaban J connectivity index is 2.03. The van der Waals surface area contributed by atoms with E-state index in [4.69, 9.17) is 9.47 Å². The van der Waals surface area contributed by atoms with Gasteiger partial charge in [-0.1, -0.05) is 24.3 Å². The lowest BCUT2D eigenvalue weighted by atomic mass is 9.95. The molecule has 2 heterocycles. The fraction of sp³-hybridized carbons (Fsp3) is 0.125. The Kier molecular flexibility index (Phi) is 4.51. The van der Waals surface area contributed by atoms with E-state index >= 15 is 0 Å². The molecule has 0 bridgehead atoms. The highest BCUT2D eigenvalue weighted by atomic mass is 16.5. The lowest BCUT2D eigenvalue weighted by Gasteiger charge is -2.11. The van der Waals surface area contributed by atoms with Crippen molar-refractivity contribution in [2.45, 2.75) is 6.92 Å². The zero-order chi connectivity index (χ0) is 18.8. The number of fused-ring (bicyclic) bond motifs is 1. The van der Waals surface area contributed by atoms with Crippen molar-refractivity contribution < 1.29 is 13.9 Å². The second-order valence-corrected chi connectivity index (χ2v) is 6.53. The van der Waals surface area contributed by atoms with Crippen molar-refractivity contribution in [2.75, 3.05) is 14.2 Å². The Morgan fingerprint density at radius 1 is 0.667 bits per heavy atom. The van der Waals surface area contributed by atoms with Crippen LogP contribution < -0.4 is 13.9 Å². The highest BCUT2D eigenvalue weighted by Gasteiger charge is 2.17. The minimum Gasteiger partial charge on any atom is -0.497 e. The number of ether oxygens (including phenoxy) is 2. The minimum absolute atomic E-state index is 0.846. The Morgan fingerprint density at radius 2 is 1.26 bits per heavy atom. The molecule has 0 amide bonds. The summed E-state index contributed by atoms with van der Waals surface area (Å²) in [5.74, 6) is 1.69. The zero-order valence-electron chi connectivity index (χ0n) is 15.8. The van der Waals surface area contributed by atoms with Crippen LogP contribution in [0.25, 0.3) is 27.8 Å². The van der Waals surface area contributed by atoms with Crippen LogP contribution in [0.2, 0.25) is 0 Å². The van der Waals surface area contributed by atoms with Gasteiger partial charge in [0.15, 0.2) is 11.9 Å². The van der Waals surface area contributed by atoms with E-state index in [1.165, 1.54) is 5.69 Å². The first kappa shape index (κ1) is 17.1. The first-order valence-corrected chi connectivity index (χ1v) is 8.93. The maximum absolute atomic E-state index is 5.44. The van der Waals surface area contributed by atoms with Crippen molar-refractivity contribution >= 4 is 5.52 Å². The van der Waals surface area contributed by atoms with Crippen LogP contribution in [0.4, 0.5) is 0 Å². The van der Waals surface area contributed by atoms with Crippen molar-refractivity contribution in [1.29, 1.82) is 0 Å². The number of pyridine rings is 2. The van der Waals surface area contributed by atoms with Gasteiger partial charge in [-0.3, -0.25) is 0 Å². The number of hydrogen-bond donors (Lipinski definition) is 0. The predicted molar refractivity (Wildman–Crippen MR) is 108 cm³/mol. The largest absolute Gasteiger partial charge is 0.497 e. The number of aryl methyl sites for hydroxylation is 1. The molecular weight excluding hydrogens is 334 g/mol. The van der Waals surface area contributed by atoms with E-state index in [2.05, 4.69) is 66.1 Å². The maximum Gasteiger partial charge on any atom is 0.211 e. The van der Waals surface area contributed by atoms with Crippen LogP contribution in [0.15, 0.2) is 79.0 Å². The van der Waals surface area contributed by atoms with E-state index in [0.29, 0.717) is 0 Å². The quantitative estimate of drug-likeness (QED) is 0.476. The van der Waals surface area contributed by atoms with E-state index in [1.54, 1.807) is 14.2 Å². The molecule has 2 aromatic carbocycles. The molecular formula is C24H22NO2+. The summed E-state index contributed by atoms with van der Waals surface area (Å²) in [6, 6.07) is 24.9. The van der Waals surface area contributed by atoms with Gasteiger partial charge < -0.3 is 9.47 Å². The Bertz CT molecular complexity index is 1120. The van der Waals surface area contributed by atoms with Crippen LogP contribution in [0, 0.1) is 6.92 Å². The first-order chi connectivity index (χ1) is 13.2. The molecule has 0 atom stereocenters. The molecule has 0 N–H and O–H groups in total. The van der Waals surface area contributed by atoms with Crippen molar-refractivity contribution in [3.05, 3.63) is 84.7 Å². The highest BCUT2D eigenvalue weighted by Crippen LogP contribution is 2.34. The van der Waals surface area contributed by atoms with Crippen LogP contribution in [0.5, 0.6) is 11.5 Å². The second kappa shape index (κ2) is 7.12. The highest BCUT2D eigenvalue weighted by molar-refractivity contribution is 5.85. The standard InChI is InChI=1S/C24H22NO2/c1-17-7-4-10-20-15-23(18-8-5-11-21(13-18)26-2)24(16-25(17)20)19-9-6-12-22(14-19)27-3/h4-16H,1-3H3/q+1. The third-order valence-corrected chi connectivity index (χ3v) is 4.86. The molecule has 0 unspecified atom stereocenters. The van der Waals surface area contributed by atoms with Gasteiger partial charge in [0, 0.05) is 30.7 Å². The maximum atomic E-state index is 5.44. The third kappa shape index (κ3) is 3.24. The van der Waals surface area contributed by atoms with Crippen molar-refractivity contribution in [3.63, 3.8) is 0 Å². The van der Waals surface area contributed by atoms with Gasteiger partial charge in [0.05, 0.1) is 19.8 Å². The van der Waals surface area contributed by atoms with Gasteiger partial charge in [-0.15, -0.1) is 0 Å². The van der Waals surface area contributed by atoms with E-state index in [1.807, 2.05) is 24.3 Å². The number of rotatable bonds is 4. The molecule has 0 spiro atoms. The summed E-state index contributed by atoms with van der Waals surface area (Å²) in [5, 5.41) is 0. The Hall–Kier alpha value is -3.33. The summed E-state index contributed by atoms with van der Waals surface area (Å²) in [6.45, 7) is 2.12. The van der Waals surface area contributed by atoms with Crippen LogP contribution in [0.1, 0.15) is 5.69 Å².